The maximum absolute atomic E-state index is 11.0. The van der Waals surface area contributed by atoms with E-state index in [4.69, 9.17) is 9.47 Å². The summed E-state index contributed by atoms with van der Waals surface area (Å²) in [5.41, 5.74) is 3.82. The number of hydrogen-bond donors (Lipinski definition) is 2. The predicted molar refractivity (Wildman–Crippen MR) is 89.8 cm³/mol. The SMILES string of the molecule is O=Cc1ccccc1OCOc1ccccc1C=NNc1nn[nH]n1. The van der Waals surface area contributed by atoms with Gasteiger partial charge in [-0.1, -0.05) is 29.4 Å². The molecule has 1 heterocycles. The van der Waals surface area contributed by atoms with Gasteiger partial charge in [-0.15, -0.1) is 5.10 Å². The molecule has 9 heteroatoms. The van der Waals surface area contributed by atoms with E-state index in [1.165, 1.54) is 0 Å². The highest BCUT2D eigenvalue weighted by Gasteiger charge is 2.04. The molecule has 0 aliphatic carbocycles. The molecule has 0 amide bonds. The highest BCUT2D eigenvalue weighted by atomic mass is 16.7. The summed E-state index contributed by atoms with van der Waals surface area (Å²) in [5, 5.41) is 17.2. The summed E-state index contributed by atoms with van der Waals surface area (Å²) in [5.74, 6) is 1.29. The molecule has 0 unspecified atom stereocenters. The normalized spacial score (nSPS) is 10.6. The number of aromatic nitrogens is 4. The minimum absolute atomic E-state index is 0.0476. The Morgan fingerprint density at radius 3 is 2.40 bits per heavy atom. The molecule has 126 valence electrons. The first-order valence-electron chi connectivity index (χ1n) is 7.28. The van der Waals surface area contributed by atoms with Gasteiger partial charge in [0.1, 0.15) is 11.5 Å². The van der Waals surface area contributed by atoms with E-state index in [1.807, 2.05) is 18.2 Å². The van der Waals surface area contributed by atoms with Crippen LogP contribution in [0.4, 0.5) is 5.95 Å². The Hall–Kier alpha value is -3.75. The van der Waals surface area contributed by atoms with Crippen molar-refractivity contribution in [1.29, 1.82) is 0 Å². The molecule has 2 aromatic carbocycles. The van der Waals surface area contributed by atoms with Gasteiger partial charge >= 0.3 is 0 Å². The zero-order valence-electron chi connectivity index (χ0n) is 13.0. The average molecular weight is 338 g/mol. The van der Waals surface area contributed by atoms with Crippen molar-refractivity contribution in [2.45, 2.75) is 0 Å². The third-order valence-corrected chi connectivity index (χ3v) is 3.11. The van der Waals surface area contributed by atoms with E-state index in [0.29, 0.717) is 17.1 Å². The van der Waals surface area contributed by atoms with Crippen LogP contribution in [0.3, 0.4) is 0 Å². The lowest BCUT2D eigenvalue weighted by Gasteiger charge is -2.11. The number of anilines is 1. The fourth-order valence-corrected chi connectivity index (χ4v) is 1.95. The number of H-pyrrole nitrogens is 1. The van der Waals surface area contributed by atoms with Gasteiger partial charge in [-0.3, -0.25) is 4.79 Å². The number of hydrogen-bond acceptors (Lipinski definition) is 8. The summed E-state index contributed by atoms with van der Waals surface area (Å²) in [4.78, 5) is 11.0. The van der Waals surface area contributed by atoms with Gasteiger partial charge in [0, 0.05) is 5.56 Å². The van der Waals surface area contributed by atoms with E-state index >= 15 is 0 Å². The fourth-order valence-electron chi connectivity index (χ4n) is 1.95. The maximum Gasteiger partial charge on any atom is 0.283 e. The van der Waals surface area contributed by atoms with Gasteiger partial charge in [-0.2, -0.15) is 10.3 Å². The van der Waals surface area contributed by atoms with Crippen LogP contribution in [-0.4, -0.2) is 39.9 Å². The molecule has 2 N–H and O–H groups in total. The number of aromatic amines is 1. The zero-order valence-corrected chi connectivity index (χ0v) is 13.0. The van der Waals surface area contributed by atoms with Crippen LogP contribution in [-0.2, 0) is 0 Å². The quantitative estimate of drug-likeness (QED) is 0.279. The molecular weight excluding hydrogens is 324 g/mol. The lowest BCUT2D eigenvalue weighted by Crippen LogP contribution is -2.08. The Morgan fingerprint density at radius 1 is 1.04 bits per heavy atom. The van der Waals surface area contributed by atoms with E-state index < -0.39 is 0 Å². The minimum Gasteiger partial charge on any atom is -0.457 e. The van der Waals surface area contributed by atoms with Gasteiger partial charge in [0.25, 0.3) is 5.95 Å². The van der Waals surface area contributed by atoms with Crippen LogP contribution >= 0.6 is 0 Å². The molecule has 0 saturated heterocycles. The molecule has 0 aliphatic rings. The molecule has 0 saturated carbocycles. The zero-order chi connectivity index (χ0) is 17.3. The average Bonchev–Trinajstić information content (AvgIpc) is 3.17. The molecular formula is C16H14N6O3. The summed E-state index contributed by atoms with van der Waals surface area (Å²) in [7, 11) is 0. The van der Waals surface area contributed by atoms with Crippen LogP contribution in [0.5, 0.6) is 11.5 Å². The van der Waals surface area contributed by atoms with Gasteiger partial charge in [-0.25, -0.2) is 5.43 Å². The second-order valence-electron chi connectivity index (χ2n) is 4.71. The fraction of sp³-hybridized carbons (Fsp3) is 0.0625. The number of nitrogens with one attached hydrogen (secondary N) is 2. The van der Waals surface area contributed by atoms with E-state index in [1.54, 1.807) is 36.5 Å². The lowest BCUT2D eigenvalue weighted by atomic mass is 10.2. The minimum atomic E-state index is -0.0476. The van der Waals surface area contributed by atoms with Crippen molar-refractivity contribution in [3.05, 3.63) is 59.7 Å². The van der Waals surface area contributed by atoms with E-state index in [2.05, 4.69) is 31.2 Å². The molecule has 0 fully saturated rings. The van der Waals surface area contributed by atoms with Gasteiger partial charge in [0.2, 0.25) is 6.79 Å². The number of hydrazone groups is 1. The van der Waals surface area contributed by atoms with Crippen molar-refractivity contribution in [2.24, 2.45) is 5.10 Å². The van der Waals surface area contributed by atoms with E-state index in [0.717, 1.165) is 11.8 Å². The van der Waals surface area contributed by atoms with Gasteiger partial charge < -0.3 is 9.47 Å². The third-order valence-electron chi connectivity index (χ3n) is 3.11. The van der Waals surface area contributed by atoms with Crippen LogP contribution in [0.1, 0.15) is 15.9 Å². The van der Waals surface area contributed by atoms with Crippen molar-refractivity contribution in [3.8, 4) is 11.5 Å². The standard InChI is InChI=1S/C16H14N6O3/c23-10-13-6-2-4-8-15(13)25-11-24-14-7-3-1-5-12(14)9-17-18-16-19-21-22-20-16/h1-10H,11H2,(H2,18,19,20,21,22). The first-order chi connectivity index (χ1) is 12.4. The van der Waals surface area contributed by atoms with Gasteiger partial charge in [-0.05, 0) is 29.5 Å². The van der Waals surface area contributed by atoms with Crippen molar-refractivity contribution in [1.82, 2.24) is 20.6 Å². The Bertz CT molecular complexity index is 851. The van der Waals surface area contributed by atoms with Crippen LogP contribution in [0.15, 0.2) is 53.6 Å². The Kier molecular flexibility index (Phi) is 5.29. The maximum atomic E-state index is 11.0. The lowest BCUT2D eigenvalue weighted by molar-refractivity contribution is 0.108. The smallest absolute Gasteiger partial charge is 0.283 e. The summed E-state index contributed by atoms with van der Waals surface area (Å²) < 4.78 is 11.1. The number of para-hydroxylation sites is 2. The summed E-state index contributed by atoms with van der Waals surface area (Å²) in [6, 6.07) is 14.2. The predicted octanol–water partition coefficient (Wildman–Crippen LogP) is 1.87. The highest BCUT2D eigenvalue weighted by molar-refractivity contribution is 5.83. The highest BCUT2D eigenvalue weighted by Crippen LogP contribution is 2.18. The summed E-state index contributed by atoms with van der Waals surface area (Å²) in [6.45, 7) is -0.0476. The molecule has 3 rings (SSSR count). The molecule has 3 aromatic rings. The first kappa shape index (κ1) is 16.1. The van der Waals surface area contributed by atoms with E-state index in [-0.39, 0.29) is 12.7 Å². The number of benzene rings is 2. The number of rotatable bonds is 8. The molecule has 0 spiro atoms. The van der Waals surface area contributed by atoms with E-state index in [9.17, 15) is 4.79 Å². The Labute approximate surface area is 142 Å². The second-order valence-corrected chi connectivity index (χ2v) is 4.71. The van der Waals surface area contributed by atoms with Crippen LogP contribution in [0.2, 0.25) is 0 Å². The Balaban J connectivity index is 1.61. The molecule has 0 atom stereocenters. The van der Waals surface area contributed by atoms with Gasteiger partial charge in [0.05, 0.1) is 11.8 Å². The van der Waals surface area contributed by atoms with Crippen molar-refractivity contribution >= 4 is 18.4 Å². The number of tetrazole rings is 1. The number of carbonyl (C=O) groups excluding carboxylic acids is 1. The van der Waals surface area contributed by atoms with Gasteiger partial charge in [0.15, 0.2) is 6.29 Å². The molecule has 1 aromatic heterocycles. The Morgan fingerprint density at radius 2 is 1.72 bits per heavy atom. The summed E-state index contributed by atoms with van der Waals surface area (Å²) in [6.07, 6.45) is 2.30. The topological polar surface area (TPSA) is 114 Å². The summed E-state index contributed by atoms with van der Waals surface area (Å²) >= 11 is 0. The van der Waals surface area contributed by atoms with Crippen molar-refractivity contribution < 1.29 is 14.3 Å². The number of nitrogens with zero attached hydrogens (tertiary/aromatic N) is 4. The molecule has 25 heavy (non-hydrogen) atoms. The molecule has 0 bridgehead atoms. The van der Waals surface area contributed by atoms with Crippen LogP contribution < -0.4 is 14.9 Å². The number of ether oxygens (including phenoxy) is 2. The third kappa shape index (κ3) is 4.38. The number of aldehydes is 1. The first-order valence-corrected chi connectivity index (χ1v) is 7.28. The van der Waals surface area contributed by atoms with Crippen molar-refractivity contribution in [2.75, 3.05) is 12.2 Å². The van der Waals surface area contributed by atoms with Crippen LogP contribution in [0, 0.1) is 0 Å². The number of carbonyl (C=O) groups is 1. The van der Waals surface area contributed by atoms with Crippen LogP contribution in [0.25, 0.3) is 0 Å². The molecule has 0 radical (unpaired) electrons. The largest absolute Gasteiger partial charge is 0.457 e. The molecule has 9 nitrogen and oxygen atoms in total. The van der Waals surface area contributed by atoms with Crippen molar-refractivity contribution in [3.63, 3.8) is 0 Å². The monoisotopic (exact) mass is 338 g/mol. The second kappa shape index (κ2) is 8.20. The molecule has 0 aliphatic heterocycles.